The maximum absolute atomic E-state index is 13.1. The lowest BCUT2D eigenvalue weighted by molar-refractivity contribution is 0.0696. The smallest absolute Gasteiger partial charge is 0.274 e. The van der Waals surface area contributed by atoms with Gasteiger partial charge in [0.15, 0.2) is 0 Å². The molecule has 1 aliphatic rings. The maximum Gasteiger partial charge on any atom is 0.274 e. The summed E-state index contributed by atoms with van der Waals surface area (Å²) in [7, 11) is 0. The van der Waals surface area contributed by atoms with Crippen molar-refractivity contribution in [2.45, 2.75) is 46.1 Å². The number of rotatable bonds is 3. The van der Waals surface area contributed by atoms with Crippen LogP contribution >= 0.6 is 0 Å². The van der Waals surface area contributed by atoms with E-state index in [1.807, 2.05) is 4.90 Å². The molecule has 0 aliphatic carbocycles. The summed E-state index contributed by atoms with van der Waals surface area (Å²) in [5.41, 5.74) is 0.433. The summed E-state index contributed by atoms with van der Waals surface area (Å²) in [5, 5.41) is 4.24. The average molecular weight is 357 g/mol. The largest absolute Gasteiger partial charge is 0.334 e. The van der Waals surface area contributed by atoms with Gasteiger partial charge in [0.05, 0.1) is 5.69 Å². The van der Waals surface area contributed by atoms with E-state index in [0.717, 1.165) is 23.9 Å². The van der Waals surface area contributed by atoms with E-state index in [9.17, 15) is 14.0 Å². The molecule has 1 saturated heterocycles. The molecule has 0 saturated carbocycles. The second kappa shape index (κ2) is 7.02. The van der Waals surface area contributed by atoms with Crippen molar-refractivity contribution in [2.24, 2.45) is 5.41 Å². The van der Waals surface area contributed by atoms with E-state index in [0.29, 0.717) is 12.2 Å². The Balaban J connectivity index is 1.89. The third kappa shape index (κ3) is 4.00. The van der Waals surface area contributed by atoms with Crippen LogP contribution in [0.3, 0.4) is 0 Å². The Morgan fingerprint density at radius 3 is 2.54 bits per heavy atom. The molecule has 138 valence electrons. The summed E-state index contributed by atoms with van der Waals surface area (Å²) >= 11 is 0. The Kier molecular flexibility index (Phi) is 4.94. The van der Waals surface area contributed by atoms with Crippen LogP contribution in [0.4, 0.5) is 4.39 Å². The SMILES string of the molecule is CC(C)(C)CC1CCCN1C(=O)c1ccc(=O)n(-c2ccc(F)cc2)n1. The number of halogens is 1. The number of amides is 1. The van der Waals surface area contributed by atoms with Gasteiger partial charge in [-0.05, 0) is 55.0 Å². The highest BCUT2D eigenvalue weighted by molar-refractivity contribution is 5.92. The van der Waals surface area contributed by atoms with Crippen LogP contribution < -0.4 is 5.56 Å². The maximum atomic E-state index is 13.1. The topological polar surface area (TPSA) is 55.2 Å². The van der Waals surface area contributed by atoms with E-state index >= 15 is 0 Å². The fourth-order valence-electron chi connectivity index (χ4n) is 3.46. The van der Waals surface area contributed by atoms with Crippen LogP contribution in [0.1, 0.15) is 50.5 Å². The first-order valence-electron chi connectivity index (χ1n) is 8.92. The van der Waals surface area contributed by atoms with Crippen LogP contribution in [0, 0.1) is 11.2 Å². The second-order valence-corrected chi connectivity index (χ2v) is 8.00. The van der Waals surface area contributed by atoms with Crippen molar-refractivity contribution < 1.29 is 9.18 Å². The first kappa shape index (κ1) is 18.3. The molecule has 1 unspecified atom stereocenters. The van der Waals surface area contributed by atoms with Crippen LogP contribution in [0.5, 0.6) is 0 Å². The molecule has 1 aromatic heterocycles. The molecule has 0 bridgehead atoms. The van der Waals surface area contributed by atoms with Crippen molar-refractivity contribution in [3.8, 4) is 5.69 Å². The lowest BCUT2D eigenvalue weighted by Gasteiger charge is -2.30. The molecular formula is C20H24FN3O2. The molecule has 1 amide bonds. The molecule has 0 spiro atoms. The second-order valence-electron chi connectivity index (χ2n) is 8.00. The molecule has 1 fully saturated rings. The van der Waals surface area contributed by atoms with Crippen LogP contribution in [0.2, 0.25) is 0 Å². The average Bonchev–Trinajstić information content (AvgIpc) is 3.01. The summed E-state index contributed by atoms with van der Waals surface area (Å²) in [5.74, 6) is -0.552. The fourth-order valence-corrected chi connectivity index (χ4v) is 3.46. The molecule has 0 N–H and O–H groups in total. The number of nitrogens with zero attached hydrogens (tertiary/aromatic N) is 3. The van der Waals surface area contributed by atoms with E-state index < -0.39 is 5.82 Å². The van der Waals surface area contributed by atoms with Gasteiger partial charge in [-0.2, -0.15) is 9.78 Å². The van der Waals surface area contributed by atoms with Crippen molar-refractivity contribution in [3.63, 3.8) is 0 Å². The Hall–Kier alpha value is -2.50. The third-order valence-electron chi connectivity index (χ3n) is 4.58. The van der Waals surface area contributed by atoms with Crippen LogP contribution in [0.15, 0.2) is 41.2 Å². The molecule has 3 rings (SSSR count). The Morgan fingerprint density at radius 1 is 1.19 bits per heavy atom. The standard InChI is InChI=1S/C20H24FN3O2/c1-20(2,3)13-16-5-4-12-23(16)19(26)17-10-11-18(25)24(22-17)15-8-6-14(21)7-9-15/h6-11,16H,4-5,12-13H2,1-3H3. The van der Waals surface area contributed by atoms with Crippen LogP contribution in [-0.2, 0) is 0 Å². The van der Waals surface area contributed by atoms with Crippen molar-refractivity contribution in [3.05, 3.63) is 58.3 Å². The molecule has 6 heteroatoms. The highest BCUT2D eigenvalue weighted by atomic mass is 19.1. The zero-order valence-electron chi connectivity index (χ0n) is 15.4. The summed E-state index contributed by atoms with van der Waals surface area (Å²) in [6.45, 7) is 7.21. The molecule has 1 atom stereocenters. The monoisotopic (exact) mass is 357 g/mol. The Labute approximate surface area is 152 Å². The first-order chi connectivity index (χ1) is 12.2. The van der Waals surface area contributed by atoms with Crippen molar-refractivity contribution in [1.82, 2.24) is 14.7 Å². The minimum Gasteiger partial charge on any atom is -0.334 e. The minimum atomic E-state index is -0.392. The van der Waals surface area contributed by atoms with E-state index in [4.69, 9.17) is 0 Å². The zero-order valence-corrected chi connectivity index (χ0v) is 15.4. The summed E-state index contributed by atoms with van der Waals surface area (Å²) < 4.78 is 14.3. The summed E-state index contributed by atoms with van der Waals surface area (Å²) in [4.78, 5) is 27.0. The lowest BCUT2D eigenvalue weighted by atomic mass is 9.87. The predicted octanol–water partition coefficient (Wildman–Crippen LogP) is 3.41. The highest BCUT2D eigenvalue weighted by Gasteiger charge is 2.33. The molecule has 2 heterocycles. The van der Waals surface area contributed by atoms with Gasteiger partial charge in [0.2, 0.25) is 0 Å². The Bertz CT molecular complexity index is 853. The van der Waals surface area contributed by atoms with E-state index in [1.165, 1.54) is 36.4 Å². The molecule has 1 aromatic carbocycles. The fraction of sp³-hybridized carbons (Fsp3) is 0.450. The first-order valence-corrected chi connectivity index (χ1v) is 8.92. The summed E-state index contributed by atoms with van der Waals surface area (Å²) in [6.07, 6.45) is 2.89. The number of carbonyl (C=O) groups is 1. The zero-order chi connectivity index (χ0) is 18.9. The van der Waals surface area contributed by atoms with Gasteiger partial charge < -0.3 is 4.90 Å². The van der Waals surface area contributed by atoms with Gasteiger partial charge in [-0.25, -0.2) is 4.39 Å². The number of carbonyl (C=O) groups excluding carboxylic acids is 1. The van der Waals surface area contributed by atoms with Crippen LogP contribution in [0.25, 0.3) is 5.69 Å². The predicted molar refractivity (Wildman–Crippen MR) is 97.9 cm³/mol. The molecular weight excluding hydrogens is 333 g/mol. The van der Waals surface area contributed by atoms with Crippen molar-refractivity contribution in [1.29, 1.82) is 0 Å². The molecule has 2 aromatic rings. The Morgan fingerprint density at radius 2 is 1.88 bits per heavy atom. The number of hydrogen-bond donors (Lipinski definition) is 0. The van der Waals surface area contributed by atoms with Gasteiger partial charge in [-0.3, -0.25) is 9.59 Å². The minimum absolute atomic E-state index is 0.133. The number of aromatic nitrogens is 2. The van der Waals surface area contributed by atoms with Crippen LogP contribution in [-0.4, -0.2) is 33.2 Å². The number of likely N-dealkylation sites (tertiary alicyclic amines) is 1. The van der Waals surface area contributed by atoms with E-state index in [1.54, 1.807) is 0 Å². The lowest BCUT2D eigenvalue weighted by Crippen LogP contribution is -2.39. The van der Waals surface area contributed by atoms with Gasteiger partial charge in [0.1, 0.15) is 11.5 Å². The molecule has 5 nitrogen and oxygen atoms in total. The quantitative estimate of drug-likeness (QED) is 0.846. The van der Waals surface area contributed by atoms with Gasteiger partial charge in [-0.15, -0.1) is 0 Å². The van der Waals surface area contributed by atoms with Gasteiger partial charge in [-0.1, -0.05) is 20.8 Å². The highest BCUT2D eigenvalue weighted by Crippen LogP contribution is 2.30. The molecule has 26 heavy (non-hydrogen) atoms. The van der Waals surface area contributed by atoms with Crippen molar-refractivity contribution >= 4 is 5.91 Å². The van der Waals surface area contributed by atoms with Gasteiger partial charge >= 0.3 is 0 Å². The van der Waals surface area contributed by atoms with E-state index in [2.05, 4.69) is 25.9 Å². The number of benzene rings is 1. The molecule has 1 aliphatic heterocycles. The third-order valence-corrected chi connectivity index (χ3v) is 4.58. The van der Waals surface area contributed by atoms with Crippen molar-refractivity contribution in [2.75, 3.05) is 6.54 Å². The van der Waals surface area contributed by atoms with E-state index in [-0.39, 0.29) is 28.6 Å². The van der Waals surface area contributed by atoms with Gasteiger partial charge in [0.25, 0.3) is 11.5 Å². The summed E-state index contributed by atoms with van der Waals surface area (Å²) in [6, 6.07) is 8.45. The number of hydrogen-bond acceptors (Lipinski definition) is 3. The molecule has 0 radical (unpaired) electrons. The van der Waals surface area contributed by atoms with Gasteiger partial charge in [0, 0.05) is 18.7 Å². The normalized spacial score (nSPS) is 17.5.